The number of benzene rings is 1. The first kappa shape index (κ1) is 13.5. The molecule has 1 aromatic carbocycles. The minimum absolute atomic E-state index is 0.0712. The van der Waals surface area contributed by atoms with Gasteiger partial charge in [0.25, 0.3) is 0 Å². The molecule has 0 saturated carbocycles. The quantitative estimate of drug-likeness (QED) is 0.853. The lowest BCUT2D eigenvalue weighted by molar-refractivity contribution is 0.621. The number of halogens is 1. The molecule has 0 radical (unpaired) electrons. The molecule has 0 fully saturated rings. The smallest absolute Gasteiger partial charge is 0.123 e. The Morgan fingerprint density at radius 2 is 1.94 bits per heavy atom. The van der Waals surface area contributed by atoms with Crippen LogP contribution in [-0.4, -0.2) is 11.5 Å². The van der Waals surface area contributed by atoms with Crippen LogP contribution in [0.25, 0.3) is 0 Å². The lowest BCUT2D eigenvalue weighted by Crippen LogP contribution is -2.14. The maximum Gasteiger partial charge on any atom is 0.123 e. The molecule has 1 atom stereocenters. The van der Waals surface area contributed by atoms with Gasteiger partial charge < -0.3 is 5.73 Å². The zero-order chi connectivity index (χ0) is 12.1. The number of nitrogens with two attached hydrogens (primary N) is 1. The topological polar surface area (TPSA) is 26.0 Å². The number of rotatable bonds is 5. The van der Waals surface area contributed by atoms with E-state index in [1.165, 1.54) is 12.1 Å². The molecule has 0 saturated heterocycles. The molecule has 3 heteroatoms. The van der Waals surface area contributed by atoms with Crippen LogP contribution in [-0.2, 0) is 0 Å². The number of hydrogen-bond acceptors (Lipinski definition) is 2. The maximum atomic E-state index is 13.2. The summed E-state index contributed by atoms with van der Waals surface area (Å²) in [5.74, 6) is 2.43. The fourth-order valence-electron chi connectivity index (χ4n) is 1.51. The molecule has 1 aromatic rings. The van der Waals surface area contributed by atoms with Gasteiger partial charge in [0.2, 0.25) is 0 Å². The zero-order valence-electron chi connectivity index (χ0n) is 10.2. The van der Waals surface area contributed by atoms with E-state index < -0.39 is 0 Å². The van der Waals surface area contributed by atoms with Crippen LogP contribution in [0.3, 0.4) is 0 Å². The Morgan fingerprint density at radius 3 is 2.50 bits per heavy atom. The average molecular weight is 241 g/mol. The van der Waals surface area contributed by atoms with E-state index in [0.29, 0.717) is 5.92 Å². The predicted octanol–water partition coefficient (Wildman–Crippen LogP) is 3.52. The summed E-state index contributed by atoms with van der Waals surface area (Å²) < 4.78 is 13.2. The summed E-state index contributed by atoms with van der Waals surface area (Å²) in [7, 11) is 0. The van der Waals surface area contributed by atoms with Gasteiger partial charge in [-0.15, -0.1) is 0 Å². The minimum atomic E-state index is -0.195. The summed E-state index contributed by atoms with van der Waals surface area (Å²) in [4.78, 5) is 0. The van der Waals surface area contributed by atoms with Gasteiger partial charge in [-0.25, -0.2) is 4.39 Å². The van der Waals surface area contributed by atoms with E-state index in [-0.39, 0.29) is 11.9 Å². The van der Waals surface area contributed by atoms with Gasteiger partial charge in [0, 0.05) is 11.8 Å². The van der Waals surface area contributed by atoms with Gasteiger partial charge in [0.05, 0.1) is 0 Å². The lowest BCUT2D eigenvalue weighted by Gasteiger charge is -2.13. The van der Waals surface area contributed by atoms with Crippen molar-refractivity contribution in [1.29, 1.82) is 0 Å². The second kappa shape index (κ2) is 6.26. The first-order valence-corrected chi connectivity index (χ1v) is 6.75. The second-order valence-electron chi connectivity index (χ2n) is 4.60. The van der Waals surface area contributed by atoms with Crippen molar-refractivity contribution in [2.45, 2.75) is 26.8 Å². The minimum Gasteiger partial charge on any atom is -0.323 e. The normalized spacial score (nSPS) is 13.1. The lowest BCUT2D eigenvalue weighted by atomic mass is 10.1. The van der Waals surface area contributed by atoms with Crippen LogP contribution in [0.5, 0.6) is 0 Å². The highest BCUT2D eigenvalue weighted by Crippen LogP contribution is 2.19. The Kier molecular flexibility index (Phi) is 5.29. The fourth-order valence-corrected chi connectivity index (χ4v) is 2.56. The highest BCUT2D eigenvalue weighted by Gasteiger charge is 2.08. The van der Waals surface area contributed by atoms with Gasteiger partial charge in [-0.1, -0.05) is 19.9 Å². The highest BCUT2D eigenvalue weighted by molar-refractivity contribution is 7.99. The Morgan fingerprint density at radius 1 is 1.25 bits per heavy atom. The largest absolute Gasteiger partial charge is 0.323 e. The molecule has 1 unspecified atom stereocenters. The molecule has 0 spiro atoms. The summed E-state index contributed by atoms with van der Waals surface area (Å²) in [5, 5.41) is 0. The van der Waals surface area contributed by atoms with Crippen molar-refractivity contribution in [3.05, 3.63) is 35.1 Å². The molecule has 90 valence electrons. The summed E-state index contributed by atoms with van der Waals surface area (Å²) in [6.07, 6.45) is 0. The van der Waals surface area contributed by atoms with E-state index in [2.05, 4.69) is 13.8 Å². The predicted molar refractivity (Wildman–Crippen MR) is 70.2 cm³/mol. The van der Waals surface area contributed by atoms with E-state index >= 15 is 0 Å². The van der Waals surface area contributed by atoms with Crippen LogP contribution >= 0.6 is 11.8 Å². The molecular weight excluding hydrogens is 221 g/mol. The van der Waals surface area contributed by atoms with Crippen LogP contribution in [0.15, 0.2) is 18.2 Å². The van der Waals surface area contributed by atoms with Crippen LogP contribution in [0.4, 0.5) is 4.39 Å². The molecule has 0 bridgehead atoms. The summed E-state index contributed by atoms with van der Waals surface area (Å²) >= 11 is 1.83. The zero-order valence-corrected chi connectivity index (χ0v) is 11.0. The van der Waals surface area contributed by atoms with Crippen molar-refractivity contribution in [3.63, 3.8) is 0 Å². The number of hydrogen-bond donors (Lipinski definition) is 1. The third-order valence-corrected chi connectivity index (χ3v) is 3.74. The van der Waals surface area contributed by atoms with Gasteiger partial charge >= 0.3 is 0 Å². The average Bonchev–Trinajstić information content (AvgIpc) is 2.15. The van der Waals surface area contributed by atoms with Gasteiger partial charge in [-0.05, 0) is 41.9 Å². The fraction of sp³-hybridized carbons (Fsp3) is 0.538. The molecule has 0 aliphatic heterocycles. The second-order valence-corrected chi connectivity index (χ2v) is 5.67. The number of thioether (sulfide) groups is 1. The summed E-state index contributed by atoms with van der Waals surface area (Å²) in [6.45, 7) is 6.26. The van der Waals surface area contributed by atoms with Crippen molar-refractivity contribution in [2.24, 2.45) is 11.7 Å². The SMILES string of the molecule is Cc1cc(F)cc(C(N)CSCC(C)C)c1. The van der Waals surface area contributed by atoms with Crippen molar-refractivity contribution in [1.82, 2.24) is 0 Å². The van der Waals surface area contributed by atoms with Gasteiger partial charge in [0.15, 0.2) is 0 Å². The molecule has 1 nitrogen and oxygen atoms in total. The Bertz CT molecular complexity index is 318. The molecule has 16 heavy (non-hydrogen) atoms. The van der Waals surface area contributed by atoms with Gasteiger partial charge in [-0.2, -0.15) is 11.8 Å². The van der Waals surface area contributed by atoms with Crippen molar-refractivity contribution < 1.29 is 4.39 Å². The van der Waals surface area contributed by atoms with E-state index in [0.717, 1.165) is 22.6 Å². The van der Waals surface area contributed by atoms with E-state index in [9.17, 15) is 4.39 Å². The van der Waals surface area contributed by atoms with Gasteiger partial charge in [-0.3, -0.25) is 0 Å². The third-order valence-electron chi connectivity index (χ3n) is 2.24. The first-order valence-electron chi connectivity index (χ1n) is 5.59. The summed E-state index contributed by atoms with van der Waals surface area (Å²) in [5.41, 5.74) is 7.86. The molecule has 0 aliphatic carbocycles. The third kappa shape index (κ3) is 4.54. The molecule has 0 aromatic heterocycles. The highest BCUT2D eigenvalue weighted by atomic mass is 32.2. The number of aryl methyl sites for hydroxylation is 1. The molecule has 0 heterocycles. The standard InChI is InChI=1S/C13H20FNS/c1-9(2)7-16-8-13(15)11-4-10(3)5-12(14)6-11/h4-6,9,13H,7-8,15H2,1-3H3. The Hall–Kier alpha value is -0.540. The maximum absolute atomic E-state index is 13.2. The molecule has 2 N–H and O–H groups in total. The monoisotopic (exact) mass is 241 g/mol. The van der Waals surface area contributed by atoms with E-state index in [1.807, 2.05) is 24.8 Å². The molecule has 0 amide bonds. The molecular formula is C13H20FNS. The van der Waals surface area contributed by atoms with Crippen molar-refractivity contribution in [3.8, 4) is 0 Å². The van der Waals surface area contributed by atoms with Crippen LogP contribution in [0, 0.1) is 18.7 Å². The Labute approximate surface area is 102 Å². The van der Waals surface area contributed by atoms with Gasteiger partial charge in [0.1, 0.15) is 5.82 Å². The van der Waals surface area contributed by atoms with E-state index in [4.69, 9.17) is 5.73 Å². The van der Waals surface area contributed by atoms with E-state index in [1.54, 1.807) is 0 Å². The van der Waals surface area contributed by atoms with Crippen LogP contribution in [0.2, 0.25) is 0 Å². The van der Waals surface area contributed by atoms with Crippen LogP contribution in [0.1, 0.15) is 31.0 Å². The Balaban J connectivity index is 2.55. The molecule has 0 aliphatic rings. The van der Waals surface area contributed by atoms with Crippen LogP contribution < -0.4 is 5.73 Å². The molecule has 1 rings (SSSR count). The van der Waals surface area contributed by atoms with Crippen molar-refractivity contribution >= 4 is 11.8 Å². The summed E-state index contributed by atoms with van der Waals surface area (Å²) in [6, 6.07) is 4.95. The first-order chi connectivity index (χ1) is 7.49. The van der Waals surface area contributed by atoms with Crippen molar-refractivity contribution in [2.75, 3.05) is 11.5 Å².